The summed E-state index contributed by atoms with van der Waals surface area (Å²) < 4.78 is 11.1. The summed E-state index contributed by atoms with van der Waals surface area (Å²) in [6.07, 6.45) is 9.07. The van der Waals surface area contributed by atoms with Gasteiger partial charge in [-0.05, 0) is 61.2 Å². The van der Waals surface area contributed by atoms with Crippen molar-refractivity contribution in [2.75, 3.05) is 14.2 Å². The number of hydrogen-bond acceptors (Lipinski definition) is 2. The predicted octanol–water partition coefficient (Wildman–Crippen LogP) is 7.46. The number of ether oxygens (including phenoxy) is 2. The van der Waals surface area contributed by atoms with Crippen molar-refractivity contribution in [2.45, 2.75) is 107 Å². The van der Waals surface area contributed by atoms with Gasteiger partial charge in [-0.1, -0.05) is 69.2 Å². The van der Waals surface area contributed by atoms with E-state index in [0.717, 1.165) is 35.5 Å². The Hall–Kier alpha value is -0.0800. The zero-order chi connectivity index (χ0) is 18.3. The van der Waals surface area contributed by atoms with Crippen LogP contribution in [-0.4, -0.2) is 26.4 Å². The van der Waals surface area contributed by atoms with Gasteiger partial charge < -0.3 is 9.47 Å². The molecule has 2 aliphatic carbocycles. The van der Waals surface area contributed by atoms with Crippen LogP contribution in [0.25, 0.3) is 0 Å². The van der Waals surface area contributed by atoms with Gasteiger partial charge in [0.2, 0.25) is 0 Å². The number of rotatable bonds is 4. The molecule has 0 saturated heterocycles. The average Bonchev–Trinajstić information content (AvgIpc) is 2.54. The Kier molecular flexibility index (Phi) is 15.1. The lowest BCUT2D eigenvalue weighted by Crippen LogP contribution is -2.33. The van der Waals surface area contributed by atoms with Gasteiger partial charge in [-0.3, -0.25) is 0 Å². The van der Waals surface area contributed by atoms with Gasteiger partial charge in [-0.2, -0.15) is 0 Å². The molecule has 0 bridgehead atoms. The van der Waals surface area contributed by atoms with Crippen LogP contribution >= 0.6 is 0 Å². The Morgan fingerprint density at radius 1 is 0.615 bits per heavy atom. The van der Waals surface area contributed by atoms with Gasteiger partial charge in [0, 0.05) is 14.2 Å². The summed E-state index contributed by atoms with van der Waals surface area (Å²) in [6, 6.07) is 0. The summed E-state index contributed by atoms with van der Waals surface area (Å²) in [5.41, 5.74) is 0. The Balaban J connectivity index is 0. The van der Waals surface area contributed by atoms with Gasteiger partial charge in [-0.25, -0.2) is 0 Å². The maximum Gasteiger partial charge on any atom is 0.0604 e. The van der Waals surface area contributed by atoms with E-state index in [1.807, 2.05) is 14.2 Å². The lowest BCUT2D eigenvalue weighted by molar-refractivity contribution is -0.00994. The van der Waals surface area contributed by atoms with Crippen LogP contribution < -0.4 is 0 Å². The van der Waals surface area contributed by atoms with Crippen LogP contribution in [0.3, 0.4) is 0 Å². The van der Waals surface area contributed by atoms with Crippen molar-refractivity contribution >= 4 is 0 Å². The fourth-order valence-corrected chi connectivity index (χ4v) is 4.77. The molecule has 26 heavy (non-hydrogen) atoms. The molecule has 2 fully saturated rings. The van der Waals surface area contributed by atoms with E-state index in [4.69, 9.17) is 9.47 Å². The molecule has 0 aromatic heterocycles. The van der Waals surface area contributed by atoms with Gasteiger partial charge >= 0.3 is 0 Å². The largest absolute Gasteiger partial charge is 0.381 e. The zero-order valence-electron chi connectivity index (χ0n) is 17.7. The Morgan fingerprint density at radius 2 is 0.923 bits per heavy atom. The van der Waals surface area contributed by atoms with E-state index in [0.29, 0.717) is 12.2 Å². The fraction of sp³-hybridized carbons (Fsp3) is 1.00. The second-order valence-corrected chi connectivity index (χ2v) is 9.20. The van der Waals surface area contributed by atoms with E-state index in [2.05, 4.69) is 41.5 Å². The lowest BCUT2D eigenvalue weighted by atomic mass is 9.75. The smallest absolute Gasteiger partial charge is 0.0604 e. The van der Waals surface area contributed by atoms with Crippen molar-refractivity contribution in [3.63, 3.8) is 0 Å². The zero-order valence-corrected chi connectivity index (χ0v) is 17.7. The minimum atomic E-state index is 0. The van der Waals surface area contributed by atoms with Gasteiger partial charge in [0.1, 0.15) is 0 Å². The van der Waals surface area contributed by atoms with Crippen molar-refractivity contribution in [1.29, 1.82) is 0 Å². The molecule has 0 aromatic carbocycles. The highest BCUT2D eigenvalue weighted by Gasteiger charge is 2.31. The highest BCUT2D eigenvalue weighted by atomic mass is 16.5. The Bertz CT molecular complexity index is 294. The SMILES string of the molecule is C.C.COC1CC(C)CC[C@@H]1C(C)C.CO[C@@H]1C[C@H](C)CCC1C(C)C. The van der Waals surface area contributed by atoms with Crippen molar-refractivity contribution in [1.82, 2.24) is 0 Å². The molecule has 2 nitrogen and oxygen atoms in total. The van der Waals surface area contributed by atoms with E-state index >= 15 is 0 Å². The summed E-state index contributed by atoms with van der Waals surface area (Å²) in [4.78, 5) is 0. The molecule has 160 valence electrons. The van der Waals surface area contributed by atoms with Crippen LogP contribution in [0, 0.1) is 35.5 Å². The highest BCUT2D eigenvalue weighted by Crippen LogP contribution is 2.35. The molecular formula is C24H52O2. The molecule has 0 heterocycles. The third kappa shape index (κ3) is 8.74. The molecule has 0 spiro atoms. The topological polar surface area (TPSA) is 18.5 Å². The van der Waals surface area contributed by atoms with Crippen molar-refractivity contribution in [2.24, 2.45) is 35.5 Å². The quantitative estimate of drug-likeness (QED) is 0.510. The molecule has 6 atom stereocenters. The molecular weight excluding hydrogens is 320 g/mol. The van der Waals surface area contributed by atoms with E-state index < -0.39 is 0 Å². The first-order chi connectivity index (χ1) is 11.3. The van der Waals surface area contributed by atoms with Crippen molar-refractivity contribution < 1.29 is 9.47 Å². The van der Waals surface area contributed by atoms with Crippen molar-refractivity contribution in [3.8, 4) is 0 Å². The summed E-state index contributed by atoms with van der Waals surface area (Å²) in [5, 5.41) is 0. The molecule has 0 aliphatic heterocycles. The standard InChI is InChI=1S/2C11H22O.2CH4/c2*1-8(2)10-6-5-9(3)7-11(10)12-4;;/h2*8-11H,5-7H2,1-4H3;2*1H4/t9?,10-,11?;9-,10?,11-;;/m11../s1. The molecule has 3 unspecified atom stereocenters. The Morgan fingerprint density at radius 3 is 1.15 bits per heavy atom. The van der Waals surface area contributed by atoms with Gasteiger partial charge in [0.25, 0.3) is 0 Å². The summed E-state index contributed by atoms with van der Waals surface area (Å²) in [5.74, 6) is 4.89. The number of hydrogen-bond donors (Lipinski definition) is 0. The van der Waals surface area contributed by atoms with Crippen LogP contribution in [0.15, 0.2) is 0 Å². The summed E-state index contributed by atoms with van der Waals surface area (Å²) >= 11 is 0. The second-order valence-electron chi connectivity index (χ2n) is 9.20. The van der Waals surface area contributed by atoms with E-state index in [1.165, 1.54) is 38.5 Å². The molecule has 2 rings (SSSR count). The first kappa shape index (κ1) is 28.1. The first-order valence-corrected chi connectivity index (χ1v) is 10.4. The molecule has 2 aliphatic rings. The lowest BCUT2D eigenvalue weighted by Gasteiger charge is -2.36. The molecule has 2 saturated carbocycles. The molecule has 0 amide bonds. The maximum atomic E-state index is 5.54. The maximum absolute atomic E-state index is 5.54. The summed E-state index contributed by atoms with van der Waals surface area (Å²) in [7, 11) is 3.72. The molecule has 2 heteroatoms. The van der Waals surface area contributed by atoms with Gasteiger partial charge in [-0.15, -0.1) is 0 Å². The minimum absolute atomic E-state index is 0. The Labute approximate surface area is 166 Å². The molecule has 0 radical (unpaired) electrons. The minimum Gasteiger partial charge on any atom is -0.381 e. The first-order valence-electron chi connectivity index (χ1n) is 10.4. The highest BCUT2D eigenvalue weighted by molar-refractivity contribution is 4.81. The van der Waals surface area contributed by atoms with Gasteiger partial charge in [0.05, 0.1) is 12.2 Å². The average molecular weight is 373 g/mol. The third-order valence-electron chi connectivity index (χ3n) is 6.53. The van der Waals surface area contributed by atoms with Crippen LogP contribution in [0.2, 0.25) is 0 Å². The predicted molar refractivity (Wildman–Crippen MR) is 118 cm³/mol. The van der Waals surface area contributed by atoms with Gasteiger partial charge in [0.15, 0.2) is 0 Å². The van der Waals surface area contributed by atoms with Crippen LogP contribution in [0.1, 0.15) is 94.9 Å². The van der Waals surface area contributed by atoms with Crippen LogP contribution in [0.4, 0.5) is 0 Å². The fourth-order valence-electron chi connectivity index (χ4n) is 4.77. The number of methoxy groups -OCH3 is 2. The van der Waals surface area contributed by atoms with Crippen molar-refractivity contribution in [3.05, 3.63) is 0 Å². The third-order valence-corrected chi connectivity index (χ3v) is 6.53. The van der Waals surface area contributed by atoms with Crippen LogP contribution in [-0.2, 0) is 9.47 Å². The van der Waals surface area contributed by atoms with E-state index in [-0.39, 0.29) is 14.9 Å². The van der Waals surface area contributed by atoms with E-state index in [9.17, 15) is 0 Å². The van der Waals surface area contributed by atoms with E-state index in [1.54, 1.807) is 0 Å². The second kappa shape index (κ2) is 14.0. The summed E-state index contributed by atoms with van der Waals surface area (Å²) in [6.45, 7) is 13.9. The molecule has 0 N–H and O–H groups in total. The normalized spacial score (nSPS) is 34.4. The monoisotopic (exact) mass is 372 g/mol. The molecule has 0 aromatic rings. The van der Waals surface area contributed by atoms with Crippen LogP contribution in [0.5, 0.6) is 0 Å².